The van der Waals surface area contributed by atoms with Crippen LogP contribution >= 0.6 is 11.6 Å². The number of halogens is 1. The molecule has 1 aliphatic rings. The Balaban J connectivity index is 1.44. The van der Waals surface area contributed by atoms with Gasteiger partial charge >= 0.3 is 6.03 Å². The van der Waals surface area contributed by atoms with Crippen LogP contribution in [0.25, 0.3) is 0 Å². The summed E-state index contributed by atoms with van der Waals surface area (Å²) in [6.45, 7) is 1.00. The number of hydrogen-bond donors (Lipinski definition) is 2. The highest BCUT2D eigenvalue weighted by Crippen LogP contribution is 2.30. The van der Waals surface area contributed by atoms with E-state index in [2.05, 4.69) is 10.6 Å². The molecule has 0 aromatic heterocycles. The fourth-order valence-electron chi connectivity index (χ4n) is 3.39. The Morgan fingerprint density at radius 3 is 2.52 bits per heavy atom. The van der Waals surface area contributed by atoms with Crippen LogP contribution in [-0.2, 0) is 13.0 Å². The molecule has 146 valence electrons. The van der Waals surface area contributed by atoms with Crippen molar-refractivity contribution in [1.82, 2.24) is 5.32 Å². The van der Waals surface area contributed by atoms with Crippen LogP contribution in [0.4, 0.5) is 16.2 Å². The van der Waals surface area contributed by atoms with Crippen LogP contribution in [0.2, 0.25) is 5.02 Å². The van der Waals surface area contributed by atoms with E-state index in [0.717, 1.165) is 23.2 Å². The number of carbonyl (C=O) groups excluding carboxylic acids is 2. The summed E-state index contributed by atoms with van der Waals surface area (Å²) in [7, 11) is 0. The molecule has 0 fully saturated rings. The predicted molar refractivity (Wildman–Crippen MR) is 116 cm³/mol. The molecule has 2 N–H and O–H groups in total. The first kappa shape index (κ1) is 19.0. The zero-order valence-corrected chi connectivity index (χ0v) is 16.4. The Bertz CT molecular complexity index is 1050. The Hall–Kier alpha value is -3.31. The highest BCUT2D eigenvalue weighted by atomic mass is 35.5. The standard InChI is InChI=1S/C23H20ClN3O2/c24-19-8-4-5-9-20(19)26-23(29)25-15-16-10-11-17-12-13-27(21(17)14-16)22(28)18-6-2-1-3-7-18/h1-11,14H,12-13,15H2,(H2,25,26,29). The Labute approximate surface area is 174 Å². The maximum atomic E-state index is 12.9. The van der Waals surface area contributed by atoms with E-state index in [1.54, 1.807) is 29.2 Å². The van der Waals surface area contributed by atoms with Gasteiger partial charge in [0.05, 0.1) is 10.7 Å². The molecule has 29 heavy (non-hydrogen) atoms. The second kappa shape index (κ2) is 8.37. The topological polar surface area (TPSA) is 61.4 Å². The third-order valence-corrected chi connectivity index (χ3v) is 5.22. The molecular formula is C23H20ClN3O2. The lowest BCUT2D eigenvalue weighted by atomic mass is 10.1. The molecule has 0 radical (unpaired) electrons. The first-order chi connectivity index (χ1) is 14.1. The van der Waals surface area contributed by atoms with Crippen LogP contribution in [0.1, 0.15) is 21.5 Å². The van der Waals surface area contributed by atoms with E-state index in [1.165, 1.54) is 0 Å². The molecule has 0 saturated carbocycles. The second-order valence-corrected chi connectivity index (χ2v) is 7.23. The van der Waals surface area contributed by atoms with Crippen LogP contribution in [-0.4, -0.2) is 18.5 Å². The molecule has 0 saturated heterocycles. The summed E-state index contributed by atoms with van der Waals surface area (Å²) >= 11 is 6.07. The molecule has 3 aromatic rings. The summed E-state index contributed by atoms with van der Waals surface area (Å²) < 4.78 is 0. The maximum absolute atomic E-state index is 12.9. The lowest BCUT2D eigenvalue weighted by Crippen LogP contribution is -2.29. The predicted octanol–water partition coefficient (Wildman–Crippen LogP) is 4.86. The number of fused-ring (bicyclic) bond motifs is 1. The first-order valence-corrected chi connectivity index (χ1v) is 9.78. The fourth-order valence-corrected chi connectivity index (χ4v) is 3.58. The van der Waals surface area contributed by atoms with E-state index in [4.69, 9.17) is 11.6 Å². The van der Waals surface area contributed by atoms with Crippen molar-refractivity contribution in [3.05, 3.63) is 94.5 Å². The number of hydrogen-bond acceptors (Lipinski definition) is 2. The fraction of sp³-hybridized carbons (Fsp3) is 0.130. The lowest BCUT2D eigenvalue weighted by molar-refractivity contribution is 0.0989. The molecule has 0 spiro atoms. The third kappa shape index (κ3) is 4.25. The van der Waals surface area contributed by atoms with Gasteiger partial charge in [-0.15, -0.1) is 0 Å². The van der Waals surface area contributed by atoms with Gasteiger partial charge < -0.3 is 15.5 Å². The number of nitrogens with zero attached hydrogens (tertiary/aromatic N) is 1. The summed E-state index contributed by atoms with van der Waals surface area (Å²) in [6, 6.07) is 22.0. The van der Waals surface area contributed by atoms with Crippen molar-refractivity contribution in [3.8, 4) is 0 Å². The highest BCUT2D eigenvalue weighted by Gasteiger charge is 2.25. The number of carbonyl (C=O) groups is 2. The minimum absolute atomic E-state index is 0.00841. The summed E-state index contributed by atoms with van der Waals surface area (Å²) in [6.07, 6.45) is 0.828. The van der Waals surface area contributed by atoms with Crippen LogP contribution in [0.15, 0.2) is 72.8 Å². The SMILES string of the molecule is O=C(NCc1ccc2c(c1)N(C(=O)c1ccccc1)CC2)Nc1ccccc1Cl. The highest BCUT2D eigenvalue weighted by molar-refractivity contribution is 6.33. The van der Waals surface area contributed by atoms with Crippen molar-refractivity contribution in [1.29, 1.82) is 0 Å². The third-order valence-electron chi connectivity index (χ3n) is 4.89. The van der Waals surface area contributed by atoms with Gasteiger partial charge in [-0.05, 0) is 47.9 Å². The summed E-state index contributed by atoms with van der Waals surface area (Å²) in [5.41, 5.74) is 4.19. The number of nitrogens with one attached hydrogen (secondary N) is 2. The van der Waals surface area contributed by atoms with Crippen molar-refractivity contribution in [2.45, 2.75) is 13.0 Å². The van der Waals surface area contributed by atoms with Crippen molar-refractivity contribution in [3.63, 3.8) is 0 Å². The van der Waals surface area contributed by atoms with Crippen LogP contribution in [0, 0.1) is 0 Å². The van der Waals surface area contributed by atoms with E-state index in [0.29, 0.717) is 29.4 Å². The molecule has 3 amide bonds. The largest absolute Gasteiger partial charge is 0.334 e. The molecule has 1 heterocycles. The molecule has 4 rings (SSSR count). The van der Waals surface area contributed by atoms with Crippen LogP contribution in [0.5, 0.6) is 0 Å². The Kier molecular flexibility index (Phi) is 5.49. The molecule has 1 aliphatic heterocycles. The van der Waals surface area contributed by atoms with Crippen LogP contribution < -0.4 is 15.5 Å². The summed E-state index contributed by atoms with van der Waals surface area (Å²) in [5, 5.41) is 6.05. The quantitative estimate of drug-likeness (QED) is 0.650. The van der Waals surface area contributed by atoms with Gasteiger partial charge in [-0.1, -0.05) is 54.1 Å². The molecular weight excluding hydrogens is 386 g/mol. The summed E-state index contributed by atoms with van der Waals surface area (Å²) in [5.74, 6) is -0.00841. The average Bonchev–Trinajstić information content (AvgIpc) is 3.17. The van der Waals surface area contributed by atoms with Crippen LogP contribution in [0.3, 0.4) is 0 Å². The van der Waals surface area contributed by atoms with E-state index >= 15 is 0 Å². The van der Waals surface area contributed by atoms with E-state index in [1.807, 2.05) is 48.5 Å². The number of anilines is 2. The van der Waals surface area contributed by atoms with Gasteiger partial charge in [0.15, 0.2) is 0 Å². The zero-order chi connectivity index (χ0) is 20.2. The normalized spacial score (nSPS) is 12.4. The lowest BCUT2D eigenvalue weighted by Gasteiger charge is -2.18. The van der Waals surface area contributed by atoms with Gasteiger partial charge in [0.2, 0.25) is 0 Å². The maximum Gasteiger partial charge on any atom is 0.319 e. The zero-order valence-electron chi connectivity index (χ0n) is 15.7. The first-order valence-electron chi connectivity index (χ1n) is 9.40. The van der Waals surface area contributed by atoms with Gasteiger partial charge in [-0.2, -0.15) is 0 Å². The summed E-state index contributed by atoms with van der Waals surface area (Å²) in [4.78, 5) is 26.8. The number of amides is 3. The Morgan fingerprint density at radius 1 is 0.966 bits per heavy atom. The molecule has 0 atom stereocenters. The molecule has 0 aliphatic carbocycles. The molecule has 0 bridgehead atoms. The Morgan fingerprint density at radius 2 is 1.72 bits per heavy atom. The monoisotopic (exact) mass is 405 g/mol. The molecule has 6 heteroatoms. The molecule has 3 aromatic carbocycles. The van der Waals surface area contributed by atoms with Crippen molar-refractivity contribution in [2.75, 3.05) is 16.8 Å². The molecule has 0 unspecified atom stereocenters. The van der Waals surface area contributed by atoms with Gasteiger partial charge in [0, 0.05) is 24.3 Å². The van der Waals surface area contributed by atoms with Gasteiger partial charge in [-0.3, -0.25) is 4.79 Å². The van der Waals surface area contributed by atoms with Gasteiger partial charge in [0.1, 0.15) is 0 Å². The minimum atomic E-state index is -0.337. The van der Waals surface area contributed by atoms with E-state index in [9.17, 15) is 9.59 Å². The van der Waals surface area contributed by atoms with E-state index in [-0.39, 0.29) is 11.9 Å². The number of para-hydroxylation sites is 1. The average molecular weight is 406 g/mol. The number of rotatable bonds is 4. The smallest absolute Gasteiger partial charge is 0.319 e. The second-order valence-electron chi connectivity index (χ2n) is 6.82. The van der Waals surface area contributed by atoms with Crippen molar-refractivity contribution in [2.24, 2.45) is 0 Å². The number of benzene rings is 3. The van der Waals surface area contributed by atoms with E-state index < -0.39 is 0 Å². The van der Waals surface area contributed by atoms with Crippen molar-refractivity contribution >= 4 is 34.9 Å². The number of urea groups is 1. The van der Waals surface area contributed by atoms with Gasteiger partial charge in [0.25, 0.3) is 5.91 Å². The molecule has 5 nitrogen and oxygen atoms in total. The van der Waals surface area contributed by atoms with Crippen molar-refractivity contribution < 1.29 is 9.59 Å². The minimum Gasteiger partial charge on any atom is -0.334 e. The van der Waals surface area contributed by atoms with Gasteiger partial charge in [-0.25, -0.2) is 4.79 Å².